The second-order valence-corrected chi connectivity index (χ2v) is 13.5. The SMILES string of the molecule is C=CCOC(=O)N[C@]1(C(=O)OC(C)OC(=O)O[C@H]2C[C@@H](C)CC[C@@H]2C(C)C)[C@@H]2C[C@@](F)(C(=O)OCC=C)[C@@H]2C[C@H]1OCc1ccc(F)cc1. The molecule has 49 heavy (non-hydrogen) atoms. The Bertz CT molecular complexity index is 1370. The number of alkyl halides is 1. The van der Waals surface area contributed by atoms with Crippen LogP contribution in [0.3, 0.4) is 0 Å². The quantitative estimate of drug-likeness (QED) is 0.102. The molecule has 1 N–H and O–H groups in total. The van der Waals surface area contributed by atoms with Crippen LogP contribution in [-0.2, 0) is 44.6 Å². The Morgan fingerprint density at radius 3 is 2.29 bits per heavy atom. The maximum atomic E-state index is 16.3. The molecule has 0 heterocycles. The first kappa shape index (κ1) is 37.8. The van der Waals surface area contributed by atoms with Crippen molar-refractivity contribution >= 4 is 24.2 Å². The average Bonchev–Trinajstić information content (AvgIpc) is 3.30. The summed E-state index contributed by atoms with van der Waals surface area (Å²) in [6.07, 6.45) is -0.752. The fourth-order valence-corrected chi connectivity index (χ4v) is 7.38. The van der Waals surface area contributed by atoms with E-state index >= 15 is 4.39 Å². The molecule has 0 aromatic heterocycles. The highest BCUT2D eigenvalue weighted by atomic mass is 19.1. The third kappa shape index (κ3) is 8.42. The van der Waals surface area contributed by atoms with Gasteiger partial charge in [0, 0.05) is 18.8 Å². The number of amides is 1. The van der Waals surface area contributed by atoms with Gasteiger partial charge in [0.2, 0.25) is 12.0 Å². The van der Waals surface area contributed by atoms with Crippen molar-refractivity contribution in [3.05, 3.63) is 61.0 Å². The molecule has 11 nitrogen and oxygen atoms in total. The summed E-state index contributed by atoms with van der Waals surface area (Å²) in [7, 11) is 0. The summed E-state index contributed by atoms with van der Waals surface area (Å²) in [5.41, 5.74) is -4.08. The van der Waals surface area contributed by atoms with Crippen molar-refractivity contribution in [3.8, 4) is 0 Å². The molecule has 3 saturated carbocycles. The van der Waals surface area contributed by atoms with Gasteiger partial charge in [0.25, 0.3) is 0 Å². The molecule has 3 aliphatic carbocycles. The number of nitrogens with one attached hydrogen (secondary N) is 1. The third-order valence-electron chi connectivity index (χ3n) is 9.91. The predicted octanol–water partition coefficient (Wildman–Crippen LogP) is 6.34. The lowest BCUT2D eigenvalue weighted by atomic mass is 9.60. The molecule has 3 fully saturated rings. The van der Waals surface area contributed by atoms with E-state index in [1.807, 2.05) is 0 Å². The van der Waals surface area contributed by atoms with Gasteiger partial charge in [-0.2, -0.15) is 0 Å². The van der Waals surface area contributed by atoms with Crippen LogP contribution in [0.1, 0.15) is 65.4 Å². The average molecular weight is 692 g/mol. The van der Waals surface area contributed by atoms with E-state index in [9.17, 15) is 23.6 Å². The van der Waals surface area contributed by atoms with Crippen molar-refractivity contribution in [2.24, 2.45) is 29.6 Å². The Morgan fingerprint density at radius 2 is 1.63 bits per heavy atom. The molecule has 0 aliphatic heterocycles. The molecule has 0 bridgehead atoms. The minimum absolute atomic E-state index is 0.142. The fraction of sp³-hybridized carbons (Fsp3) is 0.611. The largest absolute Gasteiger partial charge is 0.511 e. The summed E-state index contributed by atoms with van der Waals surface area (Å²) < 4.78 is 62.8. The molecule has 1 aromatic rings. The Balaban J connectivity index is 1.59. The summed E-state index contributed by atoms with van der Waals surface area (Å²) in [6, 6.07) is 5.38. The van der Waals surface area contributed by atoms with Crippen molar-refractivity contribution in [2.75, 3.05) is 13.2 Å². The summed E-state index contributed by atoms with van der Waals surface area (Å²) in [4.78, 5) is 53.0. The van der Waals surface area contributed by atoms with Gasteiger partial charge in [-0.1, -0.05) is 64.6 Å². The maximum absolute atomic E-state index is 16.3. The Labute approximate surface area is 285 Å². The summed E-state index contributed by atoms with van der Waals surface area (Å²) in [5, 5.41) is 2.55. The van der Waals surface area contributed by atoms with Gasteiger partial charge in [0.15, 0.2) is 5.54 Å². The van der Waals surface area contributed by atoms with E-state index in [1.165, 1.54) is 43.3 Å². The van der Waals surface area contributed by atoms with Crippen molar-refractivity contribution in [2.45, 2.75) is 96.1 Å². The molecule has 0 spiro atoms. The zero-order valence-electron chi connectivity index (χ0n) is 28.5. The van der Waals surface area contributed by atoms with Gasteiger partial charge in [-0.25, -0.2) is 28.0 Å². The van der Waals surface area contributed by atoms with Crippen LogP contribution in [0, 0.1) is 35.4 Å². The maximum Gasteiger partial charge on any atom is 0.511 e. The number of carbonyl (C=O) groups is 4. The van der Waals surface area contributed by atoms with Gasteiger partial charge in [0.05, 0.1) is 12.7 Å². The molecule has 9 atom stereocenters. The summed E-state index contributed by atoms with van der Waals surface area (Å²) >= 11 is 0. The monoisotopic (exact) mass is 691 g/mol. The van der Waals surface area contributed by atoms with Crippen molar-refractivity contribution < 1.29 is 56.4 Å². The first-order chi connectivity index (χ1) is 23.2. The number of ether oxygens (including phenoxy) is 6. The zero-order chi connectivity index (χ0) is 35.9. The van der Waals surface area contributed by atoms with Crippen LogP contribution in [0.15, 0.2) is 49.6 Å². The van der Waals surface area contributed by atoms with Gasteiger partial charge in [0.1, 0.15) is 25.1 Å². The molecule has 270 valence electrons. The highest BCUT2D eigenvalue weighted by Crippen LogP contribution is 2.61. The van der Waals surface area contributed by atoms with Gasteiger partial charge >= 0.3 is 24.2 Å². The molecule has 1 aromatic carbocycles. The standard InChI is InChI=1S/C36H47F2NO10/c1-7-15-44-31(40)35(38)19-28-27(35)18-30(46-20-24-10-12-25(37)13-11-24)36(28,39-33(42)45-16-8-2)32(41)47-23(6)48-34(43)49-29-17-22(5)9-14-26(29)21(3)4/h7-8,10-13,21-23,26-30H,1-2,9,14-20H2,3-6H3,(H,39,42)/t22-,23?,26+,27+,28+,29-,30+,35-,36+/m0/s1. The first-order valence-corrected chi connectivity index (χ1v) is 16.7. The molecule has 0 radical (unpaired) electrons. The molecular formula is C36H47F2NO10. The van der Waals surface area contributed by atoms with E-state index in [2.05, 4.69) is 39.2 Å². The van der Waals surface area contributed by atoms with E-state index < -0.39 is 71.9 Å². The van der Waals surface area contributed by atoms with Gasteiger partial charge in [-0.15, -0.1) is 0 Å². The van der Waals surface area contributed by atoms with Crippen LogP contribution < -0.4 is 5.32 Å². The normalized spacial score (nSPS) is 30.9. The van der Waals surface area contributed by atoms with Crippen LogP contribution >= 0.6 is 0 Å². The minimum atomic E-state index is -2.50. The topological polar surface area (TPSA) is 136 Å². The lowest BCUT2D eigenvalue weighted by Gasteiger charge is -2.49. The molecule has 3 aliphatic rings. The third-order valence-corrected chi connectivity index (χ3v) is 9.91. The highest BCUT2D eigenvalue weighted by Gasteiger charge is 2.76. The second-order valence-electron chi connectivity index (χ2n) is 13.5. The summed E-state index contributed by atoms with van der Waals surface area (Å²) in [5.74, 6) is -4.11. The Hall–Kier alpha value is -4.00. The highest BCUT2D eigenvalue weighted by molar-refractivity contribution is 5.90. The van der Waals surface area contributed by atoms with Crippen molar-refractivity contribution in [1.82, 2.24) is 5.32 Å². The minimum Gasteiger partial charge on any atom is -0.459 e. The molecule has 0 saturated heterocycles. The van der Waals surface area contributed by atoms with Gasteiger partial charge in [-0.05, 0) is 61.1 Å². The van der Waals surface area contributed by atoms with Crippen LogP contribution in [0.25, 0.3) is 0 Å². The van der Waals surface area contributed by atoms with Crippen LogP contribution in [0.4, 0.5) is 18.4 Å². The second kappa shape index (κ2) is 16.1. The van der Waals surface area contributed by atoms with E-state index in [0.717, 1.165) is 12.8 Å². The van der Waals surface area contributed by atoms with E-state index in [-0.39, 0.29) is 44.2 Å². The van der Waals surface area contributed by atoms with Gasteiger partial charge in [-0.3, -0.25) is 0 Å². The Kier molecular flexibility index (Phi) is 12.5. The molecule has 13 heteroatoms. The van der Waals surface area contributed by atoms with E-state index in [1.54, 1.807) is 0 Å². The first-order valence-electron chi connectivity index (χ1n) is 16.7. The number of benzene rings is 1. The molecule has 1 unspecified atom stereocenters. The van der Waals surface area contributed by atoms with Crippen molar-refractivity contribution in [3.63, 3.8) is 0 Å². The number of hydrogen-bond donors (Lipinski definition) is 1. The molecular weight excluding hydrogens is 644 g/mol. The fourth-order valence-electron chi connectivity index (χ4n) is 7.38. The molecule has 1 amide bonds. The lowest BCUT2D eigenvalue weighted by molar-refractivity contribution is -0.195. The van der Waals surface area contributed by atoms with Crippen LogP contribution in [0.2, 0.25) is 0 Å². The number of alkyl carbamates (subject to hydrolysis) is 1. The number of esters is 2. The smallest absolute Gasteiger partial charge is 0.459 e. The summed E-state index contributed by atoms with van der Waals surface area (Å²) in [6.45, 7) is 13.9. The van der Waals surface area contributed by atoms with Crippen LogP contribution in [0.5, 0.6) is 0 Å². The predicted molar refractivity (Wildman–Crippen MR) is 172 cm³/mol. The number of fused-ring (bicyclic) bond motifs is 1. The lowest BCUT2D eigenvalue weighted by Crippen LogP contribution is -2.70. The number of rotatable bonds is 14. The number of carbonyl (C=O) groups excluding carboxylic acids is 4. The van der Waals surface area contributed by atoms with Crippen LogP contribution in [-0.4, -0.2) is 67.1 Å². The molecule has 4 rings (SSSR count). The number of hydrogen-bond acceptors (Lipinski definition) is 10. The van der Waals surface area contributed by atoms with E-state index in [4.69, 9.17) is 28.4 Å². The zero-order valence-corrected chi connectivity index (χ0v) is 28.5. The van der Waals surface area contributed by atoms with Crippen molar-refractivity contribution in [1.29, 1.82) is 0 Å². The number of halogens is 2. The van der Waals surface area contributed by atoms with Gasteiger partial charge < -0.3 is 33.7 Å². The Morgan fingerprint density at radius 1 is 0.959 bits per heavy atom. The van der Waals surface area contributed by atoms with E-state index in [0.29, 0.717) is 17.9 Å².